The van der Waals surface area contributed by atoms with Crippen molar-refractivity contribution in [3.8, 4) is 0 Å². The summed E-state index contributed by atoms with van der Waals surface area (Å²) in [6.07, 6.45) is 6.31. The van der Waals surface area contributed by atoms with Gasteiger partial charge in [-0.3, -0.25) is 34.5 Å². The average Bonchev–Trinajstić information content (AvgIpc) is 2.90. The summed E-state index contributed by atoms with van der Waals surface area (Å²) in [7, 11) is 0. The zero-order valence-corrected chi connectivity index (χ0v) is 28.9. The SMILES string of the molecule is CC(=O)O.[O-]C(CN(Cc1ccccn1)Cc1ccccn1)CN(Cc1ccccn1)Cc1ccccn1.[Zn].[Zn]. The zero-order chi connectivity index (χ0) is 27.0. The van der Waals surface area contributed by atoms with E-state index in [1.54, 1.807) is 24.8 Å². The third-order valence-corrected chi connectivity index (χ3v) is 5.37. The van der Waals surface area contributed by atoms with Crippen LogP contribution in [0.5, 0.6) is 0 Å². The largest absolute Gasteiger partial charge is 0.850 e. The van der Waals surface area contributed by atoms with Crippen molar-refractivity contribution in [2.45, 2.75) is 39.2 Å². The molecule has 0 saturated carbocycles. The molecule has 11 heteroatoms. The molecule has 202 valence electrons. The smallest absolute Gasteiger partial charge is 0.300 e. The van der Waals surface area contributed by atoms with Crippen LogP contribution in [0.15, 0.2) is 97.6 Å². The van der Waals surface area contributed by atoms with Gasteiger partial charge in [0, 0.05) is 96.8 Å². The molecule has 4 heterocycles. The van der Waals surface area contributed by atoms with Gasteiger partial charge in [0.25, 0.3) is 5.97 Å². The Kier molecular flexibility index (Phi) is 17.7. The summed E-state index contributed by atoms with van der Waals surface area (Å²) in [5.74, 6) is -0.833. The summed E-state index contributed by atoms with van der Waals surface area (Å²) in [4.78, 5) is 31.1. The number of pyridine rings is 4. The van der Waals surface area contributed by atoms with Crippen molar-refractivity contribution in [3.05, 3.63) is 120 Å². The summed E-state index contributed by atoms with van der Waals surface area (Å²) in [6.45, 7) is 4.22. The second kappa shape index (κ2) is 20.1. The van der Waals surface area contributed by atoms with Crippen LogP contribution in [0.2, 0.25) is 0 Å². The van der Waals surface area contributed by atoms with Crippen molar-refractivity contribution in [2.24, 2.45) is 0 Å². The minimum Gasteiger partial charge on any atom is -0.850 e. The van der Waals surface area contributed by atoms with Gasteiger partial charge in [0.15, 0.2) is 0 Å². The maximum Gasteiger partial charge on any atom is 0.300 e. The molecule has 0 aromatic carbocycles. The van der Waals surface area contributed by atoms with E-state index in [0.29, 0.717) is 39.3 Å². The molecule has 0 radical (unpaired) electrons. The number of nitrogens with zero attached hydrogens (tertiary/aromatic N) is 6. The van der Waals surface area contributed by atoms with E-state index in [1.165, 1.54) is 0 Å². The van der Waals surface area contributed by atoms with E-state index in [9.17, 15) is 5.11 Å². The first-order chi connectivity index (χ1) is 18.5. The first-order valence-electron chi connectivity index (χ1n) is 12.4. The molecule has 0 aliphatic heterocycles. The van der Waals surface area contributed by atoms with Crippen LogP contribution >= 0.6 is 0 Å². The predicted octanol–water partition coefficient (Wildman–Crippen LogP) is 2.79. The average molecular weight is 644 g/mol. The minimum absolute atomic E-state index is 0. The number of carboxylic acid groups (broad SMARTS) is 1. The zero-order valence-electron chi connectivity index (χ0n) is 22.9. The van der Waals surface area contributed by atoms with Gasteiger partial charge in [0.1, 0.15) is 0 Å². The Bertz CT molecular complexity index is 1020. The van der Waals surface area contributed by atoms with E-state index in [2.05, 4.69) is 29.7 Å². The Morgan fingerprint density at radius 1 is 0.650 bits per heavy atom. The van der Waals surface area contributed by atoms with Crippen LogP contribution in [0.25, 0.3) is 0 Å². The van der Waals surface area contributed by atoms with Crippen molar-refractivity contribution < 1.29 is 54.0 Å². The van der Waals surface area contributed by atoms with E-state index in [4.69, 9.17) is 9.90 Å². The molecule has 0 bridgehead atoms. The van der Waals surface area contributed by atoms with Crippen molar-refractivity contribution in [1.29, 1.82) is 0 Å². The molecule has 9 nitrogen and oxygen atoms in total. The van der Waals surface area contributed by atoms with Crippen LogP contribution in [0.3, 0.4) is 0 Å². The van der Waals surface area contributed by atoms with Gasteiger partial charge in [-0.15, -0.1) is 6.10 Å². The summed E-state index contributed by atoms with van der Waals surface area (Å²) >= 11 is 0. The van der Waals surface area contributed by atoms with Crippen molar-refractivity contribution in [2.75, 3.05) is 13.1 Å². The fraction of sp³-hybridized carbons (Fsp3) is 0.276. The molecule has 0 fully saturated rings. The van der Waals surface area contributed by atoms with Crippen LogP contribution in [0.1, 0.15) is 29.7 Å². The van der Waals surface area contributed by atoms with Gasteiger partial charge in [-0.25, -0.2) is 0 Å². The fourth-order valence-corrected chi connectivity index (χ4v) is 3.89. The number of hydrogen-bond acceptors (Lipinski definition) is 8. The standard InChI is InChI=1S/C27H29N6O.C2H4O2.2Zn/c34-27(21-32(17-23-9-1-5-13-28-23)18-24-10-2-6-14-29-24)22-33(19-25-11-3-7-15-30-25)20-26-12-4-8-16-31-26;1-2(3)4;;/h1-16,27H,17-22H2;1H3,(H,3,4);;/q-1;;;. The van der Waals surface area contributed by atoms with Gasteiger partial charge >= 0.3 is 0 Å². The summed E-state index contributed by atoms with van der Waals surface area (Å²) in [5, 5.41) is 20.8. The normalized spacial score (nSPS) is 10.3. The van der Waals surface area contributed by atoms with Crippen LogP contribution < -0.4 is 5.11 Å². The van der Waals surface area contributed by atoms with E-state index in [0.717, 1.165) is 29.7 Å². The number of carbonyl (C=O) groups is 1. The second-order valence-electron chi connectivity index (χ2n) is 8.76. The fourth-order valence-electron chi connectivity index (χ4n) is 3.89. The number of carboxylic acids is 1. The Morgan fingerprint density at radius 2 is 0.900 bits per heavy atom. The summed E-state index contributed by atoms with van der Waals surface area (Å²) < 4.78 is 0. The third kappa shape index (κ3) is 14.5. The maximum atomic E-state index is 13.3. The first kappa shape index (κ1) is 35.2. The van der Waals surface area contributed by atoms with Crippen LogP contribution in [-0.2, 0) is 69.9 Å². The van der Waals surface area contributed by atoms with Gasteiger partial charge in [0.05, 0.1) is 22.8 Å². The number of hydrogen-bond donors (Lipinski definition) is 1. The Hall–Kier alpha value is -2.80. The van der Waals surface area contributed by atoms with Crippen LogP contribution in [-0.4, -0.2) is 60.0 Å². The van der Waals surface area contributed by atoms with Gasteiger partial charge in [-0.1, -0.05) is 24.3 Å². The van der Waals surface area contributed by atoms with Crippen molar-refractivity contribution in [3.63, 3.8) is 0 Å². The molecule has 40 heavy (non-hydrogen) atoms. The number of aromatic nitrogens is 4. The maximum absolute atomic E-state index is 13.3. The van der Waals surface area contributed by atoms with Crippen LogP contribution in [0.4, 0.5) is 0 Å². The minimum atomic E-state index is -0.833. The Labute approximate surface area is 261 Å². The van der Waals surface area contributed by atoms with E-state index < -0.39 is 12.1 Å². The quantitative estimate of drug-likeness (QED) is 0.233. The molecule has 0 saturated heterocycles. The molecule has 0 amide bonds. The molecule has 4 aromatic heterocycles. The van der Waals surface area contributed by atoms with Gasteiger partial charge in [0.2, 0.25) is 0 Å². The van der Waals surface area contributed by atoms with E-state index in [-0.39, 0.29) is 39.0 Å². The molecule has 0 atom stereocenters. The van der Waals surface area contributed by atoms with Gasteiger partial charge in [-0.05, 0) is 61.6 Å². The van der Waals surface area contributed by atoms with E-state index in [1.807, 2.05) is 72.8 Å². The predicted molar refractivity (Wildman–Crippen MR) is 142 cm³/mol. The molecule has 1 N–H and O–H groups in total. The Balaban J connectivity index is 0.00000125. The molecular formula is C29H33N6O3Zn2-. The molecule has 0 aliphatic rings. The molecule has 0 unspecified atom stereocenters. The van der Waals surface area contributed by atoms with E-state index >= 15 is 0 Å². The van der Waals surface area contributed by atoms with Crippen LogP contribution in [0, 0.1) is 0 Å². The number of rotatable bonds is 12. The molecule has 4 rings (SSSR count). The number of aliphatic carboxylic acids is 1. The van der Waals surface area contributed by atoms with Crippen molar-refractivity contribution in [1.82, 2.24) is 29.7 Å². The summed E-state index contributed by atoms with van der Waals surface area (Å²) in [6, 6.07) is 23.4. The molecule has 4 aromatic rings. The third-order valence-electron chi connectivity index (χ3n) is 5.37. The second-order valence-corrected chi connectivity index (χ2v) is 8.76. The van der Waals surface area contributed by atoms with Gasteiger partial charge in [-0.2, -0.15) is 0 Å². The molecule has 0 spiro atoms. The van der Waals surface area contributed by atoms with Crippen molar-refractivity contribution >= 4 is 5.97 Å². The topological polar surface area (TPSA) is 118 Å². The Morgan fingerprint density at radius 3 is 1.10 bits per heavy atom. The monoisotopic (exact) mass is 641 g/mol. The molecular weight excluding hydrogens is 611 g/mol. The summed E-state index contributed by atoms with van der Waals surface area (Å²) in [5.41, 5.74) is 3.74. The molecule has 0 aliphatic carbocycles. The first-order valence-corrected chi connectivity index (χ1v) is 12.4. The van der Waals surface area contributed by atoms with Gasteiger partial charge < -0.3 is 10.2 Å².